The van der Waals surface area contributed by atoms with E-state index in [-0.39, 0.29) is 29.8 Å². The van der Waals surface area contributed by atoms with Gasteiger partial charge in [0.1, 0.15) is 11.6 Å². The fraction of sp³-hybridized carbons (Fsp3) is 0.304. The van der Waals surface area contributed by atoms with Gasteiger partial charge in [0.25, 0.3) is 5.56 Å². The third-order valence-corrected chi connectivity index (χ3v) is 4.95. The summed E-state index contributed by atoms with van der Waals surface area (Å²) in [4.78, 5) is 36.6. The summed E-state index contributed by atoms with van der Waals surface area (Å²) >= 11 is 0. The third kappa shape index (κ3) is 4.92. The molecule has 30 heavy (non-hydrogen) atoms. The third-order valence-electron chi connectivity index (χ3n) is 4.95. The number of nitrogens with zero attached hydrogens (tertiary/aromatic N) is 2. The van der Waals surface area contributed by atoms with Crippen LogP contribution in [0.3, 0.4) is 0 Å². The Morgan fingerprint density at radius 1 is 1.20 bits per heavy atom. The number of nitrogens with one attached hydrogen (secondary N) is 2. The van der Waals surface area contributed by atoms with Crippen LogP contribution in [0.15, 0.2) is 53.6 Å². The number of aryl methyl sites for hydroxylation is 1. The van der Waals surface area contributed by atoms with Crippen LogP contribution in [-0.4, -0.2) is 28.0 Å². The maximum Gasteiger partial charge on any atom is 0.255 e. The molecule has 2 heterocycles. The molecule has 0 unspecified atom stereocenters. The Hall–Kier alpha value is -3.48. The summed E-state index contributed by atoms with van der Waals surface area (Å²) in [6.45, 7) is 5.82. The molecule has 3 aromatic rings. The highest BCUT2D eigenvalue weighted by molar-refractivity contribution is 5.79. The Morgan fingerprint density at radius 2 is 1.93 bits per heavy atom. The number of carbonyl (C=O) groups excluding carboxylic acids is 1. The highest BCUT2D eigenvalue weighted by Crippen LogP contribution is 2.24. The van der Waals surface area contributed by atoms with Crippen molar-refractivity contribution in [3.8, 4) is 17.1 Å². The molecule has 0 spiro atoms. The van der Waals surface area contributed by atoms with Crippen LogP contribution in [0.1, 0.15) is 36.7 Å². The van der Waals surface area contributed by atoms with E-state index in [1.165, 1.54) is 0 Å². The molecule has 1 amide bonds. The maximum absolute atomic E-state index is 12.8. The lowest BCUT2D eigenvalue weighted by molar-refractivity contribution is -0.121. The molecule has 1 aromatic carbocycles. The van der Waals surface area contributed by atoms with Crippen molar-refractivity contribution in [2.24, 2.45) is 5.92 Å². The van der Waals surface area contributed by atoms with Gasteiger partial charge >= 0.3 is 0 Å². The van der Waals surface area contributed by atoms with Crippen molar-refractivity contribution >= 4 is 5.91 Å². The number of hydrogen-bond donors (Lipinski definition) is 2. The second-order valence-corrected chi connectivity index (χ2v) is 7.46. The molecule has 2 aromatic heterocycles. The molecule has 3 rings (SSSR count). The quantitative estimate of drug-likeness (QED) is 0.628. The monoisotopic (exact) mass is 406 g/mol. The van der Waals surface area contributed by atoms with Crippen molar-refractivity contribution in [2.75, 3.05) is 7.11 Å². The summed E-state index contributed by atoms with van der Waals surface area (Å²) in [7, 11) is 1.62. The number of carbonyl (C=O) groups is 1. The van der Waals surface area contributed by atoms with Gasteiger partial charge in [0, 0.05) is 29.2 Å². The highest BCUT2D eigenvalue weighted by Gasteiger charge is 2.20. The first-order chi connectivity index (χ1) is 14.4. The van der Waals surface area contributed by atoms with Crippen molar-refractivity contribution in [1.29, 1.82) is 0 Å². The number of H-pyrrole nitrogens is 1. The zero-order chi connectivity index (χ0) is 21.7. The van der Waals surface area contributed by atoms with E-state index in [1.807, 2.05) is 44.2 Å². The summed E-state index contributed by atoms with van der Waals surface area (Å²) in [5.41, 5.74) is 2.26. The zero-order valence-corrected chi connectivity index (χ0v) is 17.6. The second kappa shape index (κ2) is 9.35. The Morgan fingerprint density at radius 3 is 2.50 bits per heavy atom. The molecule has 7 heteroatoms. The smallest absolute Gasteiger partial charge is 0.255 e. The van der Waals surface area contributed by atoms with Gasteiger partial charge < -0.3 is 15.0 Å². The van der Waals surface area contributed by atoms with E-state index in [2.05, 4.69) is 20.3 Å². The van der Waals surface area contributed by atoms with Crippen molar-refractivity contribution in [1.82, 2.24) is 20.3 Å². The van der Waals surface area contributed by atoms with Crippen molar-refractivity contribution < 1.29 is 9.53 Å². The molecule has 0 radical (unpaired) electrons. The van der Waals surface area contributed by atoms with E-state index in [9.17, 15) is 9.59 Å². The van der Waals surface area contributed by atoms with E-state index in [1.54, 1.807) is 32.5 Å². The minimum atomic E-state index is -0.318. The standard InChI is InChI=1S/C23H26N4O3/c1-14(2)21(16-7-9-18(30-4)10-8-16)26-20(28)12-19-15(3)25-22(27-23(19)29)17-6-5-11-24-13-17/h5-11,13-14,21H,12H2,1-4H3,(H,26,28)(H,25,27,29)/t21-/m0/s1. The van der Waals surface area contributed by atoms with Crippen LogP contribution < -0.4 is 15.6 Å². The van der Waals surface area contributed by atoms with Gasteiger partial charge in [-0.05, 0) is 42.7 Å². The number of ether oxygens (including phenoxy) is 1. The van der Waals surface area contributed by atoms with Crippen LogP contribution in [0, 0.1) is 12.8 Å². The van der Waals surface area contributed by atoms with Gasteiger partial charge in [0.2, 0.25) is 5.91 Å². The van der Waals surface area contributed by atoms with Crippen LogP contribution in [0.2, 0.25) is 0 Å². The Labute approximate surface area is 175 Å². The van der Waals surface area contributed by atoms with Gasteiger partial charge in [0.15, 0.2) is 0 Å². The average molecular weight is 406 g/mol. The zero-order valence-electron chi connectivity index (χ0n) is 17.6. The van der Waals surface area contributed by atoms with Gasteiger partial charge in [-0.25, -0.2) is 4.98 Å². The number of aromatic nitrogens is 3. The van der Waals surface area contributed by atoms with E-state index < -0.39 is 0 Å². The molecule has 0 fully saturated rings. The topological polar surface area (TPSA) is 97.0 Å². The molecule has 0 saturated heterocycles. The van der Waals surface area contributed by atoms with Crippen molar-refractivity contribution in [2.45, 2.75) is 33.2 Å². The summed E-state index contributed by atoms with van der Waals surface area (Å²) in [5.74, 6) is 1.14. The molecular formula is C23H26N4O3. The van der Waals surface area contributed by atoms with Crippen LogP contribution in [-0.2, 0) is 11.2 Å². The average Bonchev–Trinajstić information content (AvgIpc) is 2.75. The fourth-order valence-corrected chi connectivity index (χ4v) is 3.29. The molecule has 0 aliphatic heterocycles. The van der Waals surface area contributed by atoms with Crippen LogP contribution in [0.5, 0.6) is 5.75 Å². The number of pyridine rings is 1. The Bertz CT molecular complexity index is 1060. The van der Waals surface area contributed by atoms with Gasteiger partial charge in [-0.3, -0.25) is 14.6 Å². The number of aromatic amines is 1. The molecule has 0 aliphatic rings. The first-order valence-corrected chi connectivity index (χ1v) is 9.82. The van der Waals surface area contributed by atoms with Crippen LogP contribution in [0.4, 0.5) is 0 Å². The maximum atomic E-state index is 12.8. The van der Waals surface area contributed by atoms with Gasteiger partial charge in [-0.1, -0.05) is 26.0 Å². The predicted octanol–water partition coefficient (Wildman–Crippen LogP) is 3.20. The first kappa shape index (κ1) is 21.2. The molecule has 2 N–H and O–H groups in total. The number of hydrogen-bond acceptors (Lipinski definition) is 5. The summed E-state index contributed by atoms with van der Waals surface area (Å²) in [6.07, 6.45) is 3.24. The second-order valence-electron chi connectivity index (χ2n) is 7.46. The largest absolute Gasteiger partial charge is 0.497 e. The molecule has 7 nitrogen and oxygen atoms in total. The summed E-state index contributed by atoms with van der Waals surface area (Å²) in [5, 5.41) is 3.05. The van der Waals surface area contributed by atoms with E-state index in [4.69, 9.17) is 4.74 Å². The van der Waals surface area contributed by atoms with Gasteiger partial charge in [-0.2, -0.15) is 0 Å². The van der Waals surface area contributed by atoms with Crippen LogP contribution in [0.25, 0.3) is 11.4 Å². The lowest BCUT2D eigenvalue weighted by Crippen LogP contribution is -2.34. The summed E-state index contributed by atoms with van der Waals surface area (Å²) < 4.78 is 5.20. The lowest BCUT2D eigenvalue weighted by Gasteiger charge is -2.23. The Balaban J connectivity index is 1.78. The van der Waals surface area contributed by atoms with E-state index in [0.717, 1.165) is 11.3 Å². The first-order valence-electron chi connectivity index (χ1n) is 9.82. The van der Waals surface area contributed by atoms with Gasteiger partial charge in [-0.15, -0.1) is 0 Å². The normalized spacial score (nSPS) is 11.9. The highest BCUT2D eigenvalue weighted by atomic mass is 16.5. The minimum Gasteiger partial charge on any atom is -0.497 e. The predicted molar refractivity (Wildman–Crippen MR) is 115 cm³/mol. The summed E-state index contributed by atoms with van der Waals surface area (Å²) in [6, 6.07) is 11.0. The van der Waals surface area contributed by atoms with Gasteiger partial charge in [0.05, 0.1) is 19.6 Å². The van der Waals surface area contributed by atoms with Crippen LogP contribution >= 0.6 is 0 Å². The SMILES string of the molecule is COc1ccc([C@@H](NC(=O)Cc2c(C)nc(-c3cccnc3)[nH]c2=O)C(C)C)cc1. The van der Waals surface area contributed by atoms with E-state index in [0.29, 0.717) is 22.6 Å². The minimum absolute atomic E-state index is 0.0408. The molecule has 0 aliphatic carbocycles. The number of rotatable bonds is 7. The van der Waals surface area contributed by atoms with Crippen molar-refractivity contribution in [3.05, 3.63) is 76.0 Å². The molecule has 0 saturated carbocycles. The lowest BCUT2D eigenvalue weighted by atomic mass is 9.95. The number of methoxy groups -OCH3 is 1. The number of amides is 1. The molecule has 156 valence electrons. The Kier molecular flexibility index (Phi) is 6.61. The molecular weight excluding hydrogens is 380 g/mol. The molecule has 0 bridgehead atoms. The fourth-order valence-electron chi connectivity index (χ4n) is 3.29. The number of benzene rings is 1. The van der Waals surface area contributed by atoms with E-state index >= 15 is 0 Å². The van der Waals surface area contributed by atoms with Crippen molar-refractivity contribution in [3.63, 3.8) is 0 Å². The molecule has 1 atom stereocenters.